The average Bonchev–Trinajstić information content (AvgIpc) is 2.80. The van der Waals surface area contributed by atoms with Gasteiger partial charge < -0.3 is 29.4 Å². The lowest BCUT2D eigenvalue weighted by molar-refractivity contribution is -0.151. The van der Waals surface area contributed by atoms with Crippen molar-refractivity contribution in [1.82, 2.24) is 5.32 Å². The van der Waals surface area contributed by atoms with E-state index in [1.807, 2.05) is 20.8 Å². The lowest BCUT2D eigenvalue weighted by Crippen LogP contribution is -2.43. The van der Waals surface area contributed by atoms with Crippen molar-refractivity contribution in [3.8, 4) is 11.5 Å². The van der Waals surface area contributed by atoms with Gasteiger partial charge in [0.1, 0.15) is 12.5 Å². The molecule has 1 heterocycles. The summed E-state index contributed by atoms with van der Waals surface area (Å²) in [6.07, 6.45) is 0.410. The molecule has 9 nitrogen and oxygen atoms in total. The van der Waals surface area contributed by atoms with E-state index in [0.29, 0.717) is 29.0 Å². The van der Waals surface area contributed by atoms with Crippen LogP contribution in [-0.2, 0) is 28.6 Å². The third-order valence-corrected chi connectivity index (χ3v) is 6.27. The molecule has 0 bridgehead atoms. The summed E-state index contributed by atoms with van der Waals surface area (Å²) < 4.78 is 21.0. The van der Waals surface area contributed by atoms with Crippen LogP contribution in [0.15, 0.2) is 40.7 Å². The first-order chi connectivity index (χ1) is 16.6. The van der Waals surface area contributed by atoms with Gasteiger partial charge in [-0.3, -0.25) is 9.59 Å². The Hall–Kier alpha value is -3.33. The summed E-state index contributed by atoms with van der Waals surface area (Å²) >= 11 is 0. The fourth-order valence-corrected chi connectivity index (χ4v) is 4.67. The number of benzene rings is 1. The van der Waals surface area contributed by atoms with Crippen LogP contribution in [0.3, 0.4) is 0 Å². The Kier molecular flexibility index (Phi) is 8.22. The lowest BCUT2D eigenvalue weighted by Gasteiger charge is -2.38. The molecule has 2 aliphatic rings. The van der Waals surface area contributed by atoms with Crippen LogP contribution >= 0.6 is 0 Å². The number of rotatable bonds is 8. The van der Waals surface area contributed by atoms with Gasteiger partial charge >= 0.3 is 11.9 Å². The van der Waals surface area contributed by atoms with E-state index in [1.165, 1.54) is 20.3 Å². The Morgan fingerprint density at radius 3 is 2.51 bits per heavy atom. The van der Waals surface area contributed by atoms with Crippen LogP contribution in [0, 0.1) is 11.8 Å². The number of hydrogen-bond acceptors (Lipinski definition) is 9. The second-order valence-electron chi connectivity index (χ2n) is 9.02. The molecule has 3 atom stereocenters. The number of allylic oxidation sites excluding steroid dienone is 3. The number of esters is 2. The highest BCUT2D eigenvalue weighted by Gasteiger charge is 2.47. The molecule has 0 amide bonds. The molecule has 0 radical (unpaired) electrons. The van der Waals surface area contributed by atoms with E-state index in [1.54, 1.807) is 19.1 Å². The molecule has 9 heteroatoms. The van der Waals surface area contributed by atoms with Gasteiger partial charge in [0.05, 0.1) is 32.5 Å². The lowest BCUT2D eigenvalue weighted by atomic mass is 9.69. The first-order valence-corrected chi connectivity index (χ1v) is 11.6. The predicted molar refractivity (Wildman–Crippen MR) is 127 cm³/mol. The molecule has 2 N–H and O–H groups in total. The number of nitrogens with one attached hydrogen (secondary N) is 1. The number of ether oxygens (including phenoxy) is 4. The highest BCUT2D eigenvalue weighted by atomic mass is 16.6. The summed E-state index contributed by atoms with van der Waals surface area (Å²) in [5.41, 5.74) is 2.19. The molecule has 0 unspecified atom stereocenters. The Labute approximate surface area is 205 Å². The van der Waals surface area contributed by atoms with E-state index in [-0.39, 0.29) is 42.3 Å². The van der Waals surface area contributed by atoms with Crippen LogP contribution in [0.1, 0.15) is 45.6 Å². The fourth-order valence-electron chi connectivity index (χ4n) is 4.67. The Morgan fingerprint density at radius 1 is 1.20 bits per heavy atom. The van der Waals surface area contributed by atoms with Crippen LogP contribution in [0.4, 0.5) is 0 Å². The number of carbonyl (C=O) groups excluding carboxylic acids is 3. The molecule has 0 saturated carbocycles. The van der Waals surface area contributed by atoms with E-state index >= 15 is 0 Å². The number of ketones is 1. The van der Waals surface area contributed by atoms with Crippen LogP contribution in [0.5, 0.6) is 11.5 Å². The van der Waals surface area contributed by atoms with Crippen molar-refractivity contribution in [2.24, 2.45) is 11.8 Å². The topological polar surface area (TPSA) is 120 Å². The van der Waals surface area contributed by atoms with Crippen LogP contribution in [0.25, 0.3) is 0 Å². The highest BCUT2D eigenvalue weighted by Crippen LogP contribution is 2.46. The summed E-state index contributed by atoms with van der Waals surface area (Å²) in [4.78, 5) is 39.5. The minimum absolute atomic E-state index is 0.00848. The average molecular weight is 488 g/mol. The summed E-state index contributed by atoms with van der Waals surface area (Å²) in [7, 11) is 2.68. The number of hydrogen-bond donors (Lipinski definition) is 2. The van der Waals surface area contributed by atoms with Gasteiger partial charge in [-0.15, -0.1) is 0 Å². The minimum atomic E-state index is -0.995. The molecule has 35 heavy (non-hydrogen) atoms. The van der Waals surface area contributed by atoms with Gasteiger partial charge in [0.2, 0.25) is 0 Å². The van der Waals surface area contributed by atoms with E-state index < -0.39 is 29.6 Å². The molecular formula is C26H33NO8. The van der Waals surface area contributed by atoms with Crippen molar-refractivity contribution in [2.45, 2.75) is 46.1 Å². The molecule has 0 spiro atoms. The SMILES string of the molecule is COC(=O)[C@H]1C(=O)C2=C(C[C@H]1C)NC(C)=C(C(=O)OCCOC(C)C)[C@H]2c1ccc(OC)c(O)c1. The molecule has 0 fully saturated rings. The van der Waals surface area contributed by atoms with Crippen molar-refractivity contribution in [1.29, 1.82) is 0 Å². The first kappa shape index (κ1) is 26.3. The van der Waals surface area contributed by atoms with Gasteiger partial charge in [-0.25, -0.2) is 4.79 Å². The second-order valence-corrected chi connectivity index (χ2v) is 9.02. The van der Waals surface area contributed by atoms with E-state index in [0.717, 1.165) is 0 Å². The summed E-state index contributed by atoms with van der Waals surface area (Å²) in [6, 6.07) is 4.70. The molecule has 1 aliphatic heterocycles. The molecular weight excluding hydrogens is 454 g/mol. The summed E-state index contributed by atoms with van der Waals surface area (Å²) in [6.45, 7) is 7.59. The van der Waals surface area contributed by atoms with Gasteiger partial charge in [0, 0.05) is 22.9 Å². The number of aromatic hydroxyl groups is 1. The third kappa shape index (κ3) is 5.35. The Balaban J connectivity index is 2.08. The van der Waals surface area contributed by atoms with Gasteiger partial charge in [-0.1, -0.05) is 13.0 Å². The predicted octanol–water partition coefficient (Wildman–Crippen LogP) is 2.98. The van der Waals surface area contributed by atoms with Crippen molar-refractivity contribution < 1.29 is 38.4 Å². The molecule has 3 rings (SSSR count). The summed E-state index contributed by atoms with van der Waals surface area (Å²) in [5, 5.41) is 13.7. The van der Waals surface area contributed by atoms with E-state index in [9.17, 15) is 19.5 Å². The van der Waals surface area contributed by atoms with E-state index in [4.69, 9.17) is 18.9 Å². The maximum Gasteiger partial charge on any atom is 0.336 e. The smallest absolute Gasteiger partial charge is 0.336 e. The van der Waals surface area contributed by atoms with Crippen molar-refractivity contribution in [3.63, 3.8) is 0 Å². The van der Waals surface area contributed by atoms with Gasteiger partial charge in [0.25, 0.3) is 0 Å². The monoisotopic (exact) mass is 487 g/mol. The Morgan fingerprint density at radius 2 is 1.91 bits per heavy atom. The van der Waals surface area contributed by atoms with Crippen molar-refractivity contribution in [2.75, 3.05) is 27.4 Å². The maximum absolute atomic E-state index is 13.7. The van der Waals surface area contributed by atoms with Crippen molar-refractivity contribution >= 4 is 17.7 Å². The number of phenolic OH excluding ortho intramolecular Hbond substituents is 1. The quantitative estimate of drug-likeness (QED) is 0.324. The van der Waals surface area contributed by atoms with Crippen molar-refractivity contribution in [3.05, 3.63) is 46.3 Å². The van der Waals surface area contributed by atoms with Gasteiger partial charge in [-0.05, 0) is 50.8 Å². The highest BCUT2D eigenvalue weighted by molar-refractivity contribution is 6.12. The van der Waals surface area contributed by atoms with Crippen LogP contribution in [0.2, 0.25) is 0 Å². The van der Waals surface area contributed by atoms with E-state index in [2.05, 4.69) is 5.32 Å². The molecule has 1 aliphatic carbocycles. The van der Waals surface area contributed by atoms with Gasteiger partial charge in [-0.2, -0.15) is 0 Å². The number of dihydropyridines is 1. The molecule has 190 valence electrons. The zero-order chi connectivity index (χ0) is 25.9. The molecule has 0 aromatic heterocycles. The number of phenols is 1. The minimum Gasteiger partial charge on any atom is -0.504 e. The maximum atomic E-state index is 13.7. The second kappa shape index (κ2) is 10.9. The molecule has 1 aromatic rings. The largest absolute Gasteiger partial charge is 0.504 e. The number of carbonyl (C=O) groups is 3. The standard InChI is InChI=1S/C26H33NO8/c1-13(2)34-9-10-35-26(31)21-15(4)27-17-11-14(3)20(25(30)33-6)24(29)23(17)22(21)16-7-8-19(32-5)18(28)12-16/h7-8,12-14,20,22,27-28H,9-11H2,1-6H3/t14-,20-,22-/m1/s1. The molecule has 0 saturated heterocycles. The van der Waals surface area contributed by atoms with Gasteiger partial charge in [0.15, 0.2) is 17.3 Å². The molecule has 1 aromatic carbocycles. The zero-order valence-electron chi connectivity index (χ0n) is 21.0. The Bertz CT molecular complexity index is 1070. The van der Waals surface area contributed by atoms with Crippen LogP contribution < -0.4 is 10.1 Å². The number of methoxy groups -OCH3 is 2. The van der Waals surface area contributed by atoms with Crippen LogP contribution in [-0.4, -0.2) is 56.4 Å². The number of Topliss-reactive ketones (excluding diaryl/α,β-unsaturated/α-hetero) is 1. The zero-order valence-corrected chi connectivity index (χ0v) is 21.0. The fraction of sp³-hybridized carbons (Fsp3) is 0.500. The normalized spacial score (nSPS) is 22.0. The summed E-state index contributed by atoms with van der Waals surface area (Å²) in [5.74, 6) is -3.67. The first-order valence-electron chi connectivity index (χ1n) is 11.6. The third-order valence-electron chi connectivity index (χ3n) is 6.27.